The van der Waals surface area contributed by atoms with Gasteiger partial charge in [0, 0.05) is 24.4 Å². The maximum absolute atomic E-state index is 13.2. The lowest BCUT2D eigenvalue weighted by molar-refractivity contribution is -0.132. The first-order valence-corrected chi connectivity index (χ1v) is 9.22. The summed E-state index contributed by atoms with van der Waals surface area (Å²) in [6, 6.07) is 10.4. The molecule has 1 aliphatic heterocycles. The molecule has 0 atom stereocenters. The largest absolute Gasteiger partial charge is 0.353 e. The van der Waals surface area contributed by atoms with Crippen LogP contribution in [-0.4, -0.2) is 35.3 Å². The molecule has 0 radical (unpaired) electrons. The van der Waals surface area contributed by atoms with Crippen LogP contribution in [0.4, 0.5) is 0 Å². The molecular weight excluding hydrogens is 312 g/mol. The number of aryl methyl sites for hydroxylation is 1. The molecule has 1 aliphatic carbocycles. The van der Waals surface area contributed by atoms with E-state index < -0.39 is 5.54 Å². The summed E-state index contributed by atoms with van der Waals surface area (Å²) in [6.07, 6.45) is 7.52. The van der Waals surface area contributed by atoms with E-state index in [1.807, 2.05) is 16.9 Å². The standard InChI is InChI=1S/C20H26N4O/c1-16-5-2-3-6-17(16)19(7-8-19)15-22-18(25)20(9-12-21-13-10-20)24-14-4-11-23-24/h2-6,11,14,21H,7-10,12-13,15H2,1H3,(H,22,25). The zero-order valence-corrected chi connectivity index (χ0v) is 14.8. The van der Waals surface area contributed by atoms with E-state index in [4.69, 9.17) is 0 Å². The first-order valence-electron chi connectivity index (χ1n) is 9.22. The van der Waals surface area contributed by atoms with Crippen LogP contribution in [0.3, 0.4) is 0 Å². The van der Waals surface area contributed by atoms with Gasteiger partial charge in [0.2, 0.25) is 5.91 Å². The molecule has 2 N–H and O–H groups in total. The third-order valence-corrected chi connectivity index (χ3v) is 5.95. The van der Waals surface area contributed by atoms with Crippen LogP contribution in [0.15, 0.2) is 42.7 Å². The number of nitrogens with one attached hydrogen (secondary N) is 2. The molecule has 1 aromatic carbocycles. The SMILES string of the molecule is Cc1ccccc1C1(CNC(=O)C2(n3cccn3)CCNCC2)CC1. The van der Waals surface area contributed by atoms with E-state index in [1.165, 1.54) is 11.1 Å². The predicted octanol–water partition coefficient (Wildman–Crippen LogP) is 2.12. The third-order valence-electron chi connectivity index (χ3n) is 5.95. The summed E-state index contributed by atoms with van der Waals surface area (Å²) in [5.74, 6) is 0.109. The van der Waals surface area contributed by atoms with Gasteiger partial charge in [0.15, 0.2) is 0 Å². The van der Waals surface area contributed by atoms with Gasteiger partial charge >= 0.3 is 0 Å². The Bertz CT molecular complexity index is 743. The van der Waals surface area contributed by atoms with Crippen molar-refractivity contribution >= 4 is 5.91 Å². The van der Waals surface area contributed by atoms with Crippen LogP contribution in [0.2, 0.25) is 0 Å². The Balaban J connectivity index is 1.52. The molecule has 0 bridgehead atoms. The van der Waals surface area contributed by atoms with Crippen molar-refractivity contribution in [3.05, 3.63) is 53.9 Å². The highest BCUT2D eigenvalue weighted by atomic mass is 16.2. The fourth-order valence-corrected chi connectivity index (χ4v) is 4.20. The number of hydrogen-bond donors (Lipinski definition) is 2. The van der Waals surface area contributed by atoms with Crippen molar-refractivity contribution in [1.29, 1.82) is 0 Å². The van der Waals surface area contributed by atoms with Crippen LogP contribution in [-0.2, 0) is 15.7 Å². The van der Waals surface area contributed by atoms with Gasteiger partial charge in [-0.25, -0.2) is 0 Å². The van der Waals surface area contributed by atoms with E-state index in [1.54, 1.807) is 6.20 Å². The summed E-state index contributed by atoms with van der Waals surface area (Å²) in [5, 5.41) is 11.0. The van der Waals surface area contributed by atoms with Crippen molar-refractivity contribution in [2.24, 2.45) is 0 Å². The van der Waals surface area contributed by atoms with Crippen molar-refractivity contribution < 1.29 is 4.79 Å². The second-order valence-corrected chi connectivity index (χ2v) is 7.51. The Kier molecular flexibility index (Phi) is 4.12. The zero-order valence-electron chi connectivity index (χ0n) is 14.8. The molecule has 132 valence electrons. The fraction of sp³-hybridized carbons (Fsp3) is 0.500. The highest BCUT2D eigenvalue weighted by Gasteiger charge is 2.47. The van der Waals surface area contributed by atoms with Crippen LogP contribution < -0.4 is 10.6 Å². The number of aromatic nitrogens is 2. The normalized spacial score (nSPS) is 20.8. The molecule has 5 heteroatoms. The van der Waals surface area contributed by atoms with E-state index in [0.717, 1.165) is 38.8 Å². The summed E-state index contributed by atoms with van der Waals surface area (Å²) in [4.78, 5) is 13.2. The van der Waals surface area contributed by atoms with Crippen LogP contribution >= 0.6 is 0 Å². The van der Waals surface area contributed by atoms with Crippen LogP contribution in [0, 0.1) is 6.92 Å². The van der Waals surface area contributed by atoms with Gasteiger partial charge < -0.3 is 10.6 Å². The molecule has 2 heterocycles. The molecule has 4 rings (SSSR count). The van der Waals surface area contributed by atoms with Crippen molar-refractivity contribution in [2.45, 2.75) is 43.6 Å². The minimum Gasteiger partial charge on any atom is -0.353 e. The van der Waals surface area contributed by atoms with Crippen LogP contribution in [0.25, 0.3) is 0 Å². The Hall–Kier alpha value is -2.14. The lowest BCUT2D eigenvalue weighted by Gasteiger charge is -2.37. The Morgan fingerprint density at radius 3 is 2.60 bits per heavy atom. The summed E-state index contributed by atoms with van der Waals surface area (Å²) < 4.78 is 1.86. The molecule has 1 saturated carbocycles. The fourth-order valence-electron chi connectivity index (χ4n) is 4.20. The average molecular weight is 338 g/mol. The van der Waals surface area contributed by atoms with Crippen molar-refractivity contribution in [1.82, 2.24) is 20.4 Å². The molecule has 1 saturated heterocycles. The first kappa shape index (κ1) is 16.3. The number of carbonyl (C=O) groups excluding carboxylic acids is 1. The minimum atomic E-state index is -0.559. The van der Waals surface area contributed by atoms with E-state index in [9.17, 15) is 4.79 Å². The van der Waals surface area contributed by atoms with E-state index in [-0.39, 0.29) is 11.3 Å². The second-order valence-electron chi connectivity index (χ2n) is 7.51. The van der Waals surface area contributed by atoms with Crippen molar-refractivity contribution in [3.8, 4) is 0 Å². The summed E-state index contributed by atoms with van der Waals surface area (Å²) in [7, 11) is 0. The Labute approximate surface area is 148 Å². The van der Waals surface area contributed by atoms with Crippen LogP contribution in [0.1, 0.15) is 36.8 Å². The summed E-state index contributed by atoms with van der Waals surface area (Å²) in [5.41, 5.74) is 2.27. The zero-order chi connectivity index (χ0) is 17.3. The van der Waals surface area contributed by atoms with E-state index in [2.05, 4.69) is 46.9 Å². The number of rotatable bonds is 5. The molecular formula is C20H26N4O. The van der Waals surface area contributed by atoms with Crippen molar-refractivity contribution in [3.63, 3.8) is 0 Å². The van der Waals surface area contributed by atoms with Gasteiger partial charge in [-0.15, -0.1) is 0 Å². The van der Waals surface area contributed by atoms with E-state index in [0.29, 0.717) is 6.54 Å². The highest BCUT2D eigenvalue weighted by molar-refractivity contribution is 5.84. The maximum atomic E-state index is 13.2. The smallest absolute Gasteiger partial charge is 0.248 e. The van der Waals surface area contributed by atoms with Gasteiger partial charge in [-0.2, -0.15) is 5.10 Å². The molecule has 1 amide bonds. The molecule has 5 nitrogen and oxygen atoms in total. The lowest BCUT2D eigenvalue weighted by Crippen LogP contribution is -2.55. The summed E-state index contributed by atoms with van der Waals surface area (Å²) in [6.45, 7) is 4.56. The van der Waals surface area contributed by atoms with E-state index >= 15 is 0 Å². The van der Waals surface area contributed by atoms with Gasteiger partial charge in [-0.3, -0.25) is 9.48 Å². The number of carbonyl (C=O) groups is 1. The molecule has 25 heavy (non-hydrogen) atoms. The molecule has 1 aromatic heterocycles. The van der Waals surface area contributed by atoms with Gasteiger partial charge in [-0.05, 0) is 62.9 Å². The van der Waals surface area contributed by atoms with Gasteiger partial charge in [0.25, 0.3) is 0 Å². The molecule has 0 spiro atoms. The Morgan fingerprint density at radius 1 is 1.20 bits per heavy atom. The van der Waals surface area contributed by atoms with Gasteiger partial charge in [-0.1, -0.05) is 24.3 Å². The quantitative estimate of drug-likeness (QED) is 0.878. The highest BCUT2D eigenvalue weighted by Crippen LogP contribution is 2.48. The first-order chi connectivity index (χ1) is 12.2. The van der Waals surface area contributed by atoms with Crippen LogP contribution in [0.5, 0.6) is 0 Å². The number of nitrogens with zero attached hydrogens (tertiary/aromatic N) is 2. The number of hydrogen-bond acceptors (Lipinski definition) is 3. The summed E-state index contributed by atoms with van der Waals surface area (Å²) >= 11 is 0. The number of benzene rings is 1. The van der Waals surface area contributed by atoms with Crippen molar-refractivity contribution in [2.75, 3.05) is 19.6 Å². The molecule has 0 unspecified atom stereocenters. The Morgan fingerprint density at radius 2 is 1.96 bits per heavy atom. The number of piperidine rings is 1. The molecule has 2 aliphatic rings. The van der Waals surface area contributed by atoms with Gasteiger partial charge in [0.05, 0.1) is 0 Å². The molecule has 2 fully saturated rings. The topological polar surface area (TPSA) is 59.0 Å². The lowest BCUT2D eigenvalue weighted by atomic mass is 9.86. The second kappa shape index (κ2) is 6.30. The third kappa shape index (κ3) is 2.86. The monoisotopic (exact) mass is 338 g/mol. The number of amides is 1. The predicted molar refractivity (Wildman–Crippen MR) is 97.4 cm³/mol. The average Bonchev–Trinajstić information content (AvgIpc) is 3.22. The maximum Gasteiger partial charge on any atom is 0.248 e. The minimum absolute atomic E-state index is 0.109. The molecule has 2 aromatic rings. The van der Waals surface area contributed by atoms with Gasteiger partial charge in [0.1, 0.15) is 5.54 Å².